The van der Waals surface area contributed by atoms with Gasteiger partial charge in [0.15, 0.2) is 23.5 Å². The molecule has 7 aromatic rings. The molecule has 3 saturated heterocycles. The maximum Gasteiger partial charge on any atom is 0.410 e. The van der Waals surface area contributed by atoms with Gasteiger partial charge >= 0.3 is 30.0 Å². The third kappa shape index (κ3) is 36.5. The number of hydrogen-bond donors (Lipinski definition) is 4. The van der Waals surface area contributed by atoms with E-state index in [1.54, 1.807) is 203 Å². The number of methoxy groups -OCH3 is 3. The average molecular weight is 1820 g/mol. The summed E-state index contributed by atoms with van der Waals surface area (Å²) in [6.45, 7) is 32.1. The number of carbonyl (C=O) groups excluding carboxylic acids is 13. The first-order valence-electron chi connectivity index (χ1n) is 44.1. The van der Waals surface area contributed by atoms with Crippen LogP contribution >= 0.6 is 0 Å². The third-order valence-corrected chi connectivity index (χ3v) is 21.3. The predicted molar refractivity (Wildman–Crippen MR) is 514 cm³/mol. The van der Waals surface area contributed by atoms with E-state index in [9.17, 15) is 67.1 Å². The Kier molecular flexibility index (Phi) is 45.6. The third-order valence-electron chi connectivity index (χ3n) is 21.3. The summed E-state index contributed by atoms with van der Waals surface area (Å²) in [6.07, 6.45) is 5.95. The molecule has 712 valence electrons. The summed E-state index contributed by atoms with van der Waals surface area (Å²) >= 11 is 0. The zero-order chi connectivity index (χ0) is 99.1. The molecule has 3 aliphatic heterocycles. The molecular weight excluding hydrogens is 1680 g/mol. The van der Waals surface area contributed by atoms with Crippen molar-refractivity contribution in [2.24, 2.45) is 53.3 Å². The van der Waals surface area contributed by atoms with Crippen molar-refractivity contribution in [3.63, 3.8) is 0 Å². The van der Waals surface area contributed by atoms with Crippen LogP contribution in [-0.2, 0) is 47.7 Å². The van der Waals surface area contributed by atoms with E-state index in [1.807, 2.05) is 119 Å². The lowest BCUT2D eigenvalue weighted by Crippen LogP contribution is -2.35. The highest BCUT2D eigenvalue weighted by atomic mass is 16.6. The van der Waals surface area contributed by atoms with Crippen molar-refractivity contribution in [3.8, 4) is 6.19 Å². The second-order valence-electron chi connectivity index (χ2n) is 35.2. The lowest BCUT2D eigenvalue weighted by Gasteiger charge is -2.24. The summed E-state index contributed by atoms with van der Waals surface area (Å²) < 4.78 is 19.1. The Hall–Kier alpha value is -13.4. The maximum atomic E-state index is 12.7. The molecule has 0 saturated carbocycles. The first kappa shape index (κ1) is 111. The van der Waals surface area contributed by atoms with Crippen molar-refractivity contribution < 1.29 is 91.2 Å². The summed E-state index contributed by atoms with van der Waals surface area (Å²) in [7, 11) is 12.5. The van der Waals surface area contributed by atoms with Gasteiger partial charge in [-0.3, -0.25) is 43.2 Å². The number of anilines is 7. The number of ketones is 3. The molecule has 30 heteroatoms. The molecule has 0 radical (unpaired) electrons. The smallest absolute Gasteiger partial charge is 0.410 e. The van der Waals surface area contributed by atoms with E-state index in [0.717, 1.165) is 50.3 Å². The van der Waals surface area contributed by atoms with Gasteiger partial charge in [-0.2, -0.15) is 5.26 Å². The fourth-order valence-corrected chi connectivity index (χ4v) is 13.6. The van der Waals surface area contributed by atoms with E-state index >= 15 is 0 Å². The lowest BCUT2D eigenvalue weighted by molar-refractivity contribution is -0.121. The number of hydrogen-bond acceptors (Lipinski definition) is 22. The highest BCUT2D eigenvalue weighted by Crippen LogP contribution is 2.29. The van der Waals surface area contributed by atoms with E-state index in [2.05, 4.69) is 31.0 Å². The Morgan fingerprint density at radius 1 is 0.432 bits per heavy atom. The molecule has 132 heavy (non-hydrogen) atoms. The number of amides is 7. The lowest BCUT2D eigenvalue weighted by atomic mass is 9.97. The Balaban J connectivity index is 0.000000327. The minimum absolute atomic E-state index is 0.00650. The summed E-state index contributed by atoms with van der Waals surface area (Å²) in [5.74, 6) is -1.68. The van der Waals surface area contributed by atoms with E-state index in [-0.39, 0.29) is 118 Å². The van der Waals surface area contributed by atoms with Crippen molar-refractivity contribution in [1.29, 1.82) is 5.26 Å². The quantitative estimate of drug-likeness (QED) is 0.0136. The monoisotopic (exact) mass is 1820 g/mol. The van der Waals surface area contributed by atoms with Crippen molar-refractivity contribution in [2.45, 2.75) is 148 Å². The highest BCUT2D eigenvalue weighted by Gasteiger charge is 2.33. The molecule has 7 aromatic carbocycles. The molecule has 7 amide bonds. The standard InChI is InChI=1S/C22H32N2O4.C18H23N3O2.C17H24N2O2.C13H17NO3.2C12H15NO3.C8H9NO2/c1-15(2)20(26)23(6)18-9-7-8-17(13-18)19(25)12-16-10-11-24(14-16)21(27)28-22(3,4)5;1-13(2)18(23)20(3)16-6-4-5-15(10-16)17(22)9-14-7-8-21(11-14)12-19;1-12(2)17(21)19(3)15-6-4-5-14(10-15)16(20)9-13-7-8-18-11-13;1-9(2)12(15)14(3)11-7-5-6-10(8-11)13(16)17-4;1-8(2)11(14)13-10-6-4-5-9(7-10)12(15)16-3;1-8(2)11(14)13(3)10-6-4-5-9(7-10)12(15)16;1-11-8(10)6-3-2-4-7(9)5-6/h7-9,13,15-16H,10-12,14H2,1-6H3;4-6,10,13-14H,7-9,11H2,1-3H3;4-6,10,12-13,18H,7-9,11H2,1-3H3;5-9H,1-4H3;4-8H,1-3H3,(H,13,14);4-8H,1-3H3,(H,15,16);2-5H,9H2,1H3/t16-;14-;13-;;;;/m000..../s1. The molecule has 0 aromatic heterocycles. The minimum atomic E-state index is -0.993. The largest absolute Gasteiger partial charge is 0.478 e. The fraction of sp³-hybridized carbons (Fsp3) is 0.441. The summed E-state index contributed by atoms with van der Waals surface area (Å²) in [4.78, 5) is 176. The van der Waals surface area contributed by atoms with Crippen molar-refractivity contribution >= 4 is 123 Å². The second kappa shape index (κ2) is 54.3. The first-order valence-corrected chi connectivity index (χ1v) is 44.1. The summed E-state index contributed by atoms with van der Waals surface area (Å²) in [6, 6.07) is 48.2. The normalized spacial score (nSPS) is 14.0. The van der Waals surface area contributed by atoms with Crippen LogP contribution in [0.2, 0.25) is 0 Å². The van der Waals surface area contributed by atoms with Crippen molar-refractivity contribution in [3.05, 3.63) is 209 Å². The topological polar surface area (TPSA) is 393 Å². The van der Waals surface area contributed by atoms with Crippen LogP contribution in [0.5, 0.6) is 0 Å². The van der Waals surface area contributed by atoms with Gasteiger partial charge in [0.1, 0.15) is 5.60 Å². The van der Waals surface area contributed by atoms with Crippen LogP contribution < -0.4 is 40.9 Å². The van der Waals surface area contributed by atoms with Gasteiger partial charge in [0.2, 0.25) is 35.4 Å². The van der Waals surface area contributed by atoms with Gasteiger partial charge in [-0.05, 0) is 180 Å². The van der Waals surface area contributed by atoms with E-state index in [4.69, 9.17) is 20.8 Å². The van der Waals surface area contributed by atoms with Crippen LogP contribution in [-0.4, -0.2) is 199 Å². The van der Waals surface area contributed by atoms with Crippen LogP contribution in [0.1, 0.15) is 215 Å². The summed E-state index contributed by atoms with van der Waals surface area (Å²) in [5, 5.41) is 23.7. The molecule has 3 aliphatic rings. The number of likely N-dealkylation sites (tertiary alicyclic amines) is 2. The number of ether oxygens (including phenoxy) is 4. The van der Waals surface area contributed by atoms with Crippen LogP contribution in [0.3, 0.4) is 0 Å². The Morgan fingerprint density at radius 3 is 1.08 bits per heavy atom. The first-order chi connectivity index (χ1) is 62.1. The van der Waals surface area contributed by atoms with E-state index < -0.39 is 23.5 Å². The minimum Gasteiger partial charge on any atom is -0.478 e. The Bertz CT molecular complexity index is 5140. The van der Waals surface area contributed by atoms with E-state index in [0.29, 0.717) is 107 Å². The molecular formula is C102H135N11O19. The number of Topliss-reactive ketones (excluding diaryl/α,β-unsaturated/α-hetero) is 3. The molecule has 3 heterocycles. The van der Waals surface area contributed by atoms with Crippen LogP contribution in [0.15, 0.2) is 170 Å². The number of nitrogens with zero attached hydrogens (tertiary/aromatic N) is 8. The Labute approximate surface area is 777 Å². The Morgan fingerprint density at radius 2 is 0.750 bits per heavy atom. The molecule has 10 rings (SSSR count). The number of carbonyl (C=O) groups is 14. The molecule has 5 N–H and O–H groups in total. The van der Waals surface area contributed by atoms with Gasteiger partial charge < -0.3 is 74.7 Å². The number of nitrogen functional groups attached to an aromatic ring is 1. The molecule has 0 aliphatic carbocycles. The zero-order valence-electron chi connectivity index (χ0n) is 80.8. The SMILES string of the molecule is CC(C)C(=O)N(C)c1cccc(C(=O)C[C@@H]2CCN(C#N)C2)c1.CC(C)C(=O)N(C)c1cccc(C(=O)C[C@@H]2CCN(C(=O)OC(C)(C)C)C2)c1.CC(C)C(=O)N(C)c1cccc(C(=O)C[C@@H]2CCNC2)c1.CC(C)C(=O)N(C)c1cccc(C(=O)O)c1.COC(=O)c1cccc(N(C)C(=O)C(C)C)c1.COC(=O)c1cccc(N)c1.COC(=O)c1cccc(NC(=O)C(C)C)c1. The number of rotatable bonds is 25. The van der Waals surface area contributed by atoms with Gasteiger partial charge in [0.25, 0.3) is 0 Å². The van der Waals surface area contributed by atoms with Crippen molar-refractivity contribution in [2.75, 3.05) is 131 Å². The van der Waals surface area contributed by atoms with Crippen LogP contribution in [0, 0.1) is 64.7 Å². The fourth-order valence-electron chi connectivity index (χ4n) is 13.6. The van der Waals surface area contributed by atoms with Gasteiger partial charge in [-0.25, -0.2) is 24.0 Å². The second-order valence-corrected chi connectivity index (χ2v) is 35.2. The number of nitriles is 1. The number of nitrogens with one attached hydrogen (secondary N) is 2. The van der Waals surface area contributed by atoms with Gasteiger partial charge in [-0.1, -0.05) is 144 Å². The summed E-state index contributed by atoms with van der Waals surface area (Å²) in [5.41, 5.74) is 13.0. The molecule has 0 spiro atoms. The molecule has 30 nitrogen and oxygen atoms in total. The number of benzene rings is 7. The van der Waals surface area contributed by atoms with Gasteiger partial charge in [0.05, 0.1) is 43.6 Å². The maximum absolute atomic E-state index is 12.7. The zero-order valence-corrected chi connectivity index (χ0v) is 80.8. The van der Waals surface area contributed by atoms with Crippen LogP contribution in [0.4, 0.5) is 44.6 Å². The number of aromatic carboxylic acids is 1. The molecule has 0 bridgehead atoms. The average Bonchev–Trinajstić information content (AvgIpc) is 1.25. The number of carboxylic acids is 1. The predicted octanol–water partition coefficient (Wildman–Crippen LogP) is 16.5. The van der Waals surface area contributed by atoms with Gasteiger partial charge in [0, 0.05) is 173 Å². The number of esters is 3. The molecule has 3 fully saturated rings. The molecule has 0 unspecified atom stereocenters. The van der Waals surface area contributed by atoms with Crippen molar-refractivity contribution in [1.82, 2.24) is 15.1 Å². The number of nitrogens with two attached hydrogens (primary N) is 1. The van der Waals surface area contributed by atoms with E-state index in [1.165, 1.54) is 43.3 Å². The number of carboxylic acid groups (broad SMARTS) is 1. The molecule has 3 atom stereocenters. The highest BCUT2D eigenvalue weighted by molar-refractivity contribution is 6.03. The van der Waals surface area contributed by atoms with Gasteiger partial charge in [-0.15, -0.1) is 0 Å². The van der Waals surface area contributed by atoms with Crippen LogP contribution in [0.25, 0.3) is 0 Å².